The van der Waals surface area contributed by atoms with Crippen LogP contribution < -0.4 is 5.73 Å². The molecule has 1 saturated heterocycles. The summed E-state index contributed by atoms with van der Waals surface area (Å²) in [7, 11) is 0. The number of likely N-dealkylation sites (tertiary alicyclic amines) is 1. The predicted octanol–water partition coefficient (Wildman–Crippen LogP) is 2.47. The van der Waals surface area contributed by atoms with Crippen molar-refractivity contribution in [2.75, 3.05) is 6.54 Å². The van der Waals surface area contributed by atoms with E-state index in [9.17, 15) is 9.59 Å². The van der Waals surface area contributed by atoms with Gasteiger partial charge in [-0.1, -0.05) is 23.7 Å². The molecule has 1 aliphatic rings. The lowest BCUT2D eigenvalue weighted by Gasteiger charge is -2.36. The number of hydrogen-bond donors (Lipinski definition) is 1. The quantitative estimate of drug-likeness (QED) is 0.872. The van der Waals surface area contributed by atoms with E-state index in [-0.39, 0.29) is 23.8 Å². The summed E-state index contributed by atoms with van der Waals surface area (Å²) in [6.45, 7) is 2.39. The topological polar surface area (TPSA) is 63.4 Å². The van der Waals surface area contributed by atoms with Crippen LogP contribution in [0, 0.1) is 5.92 Å². The number of halogens is 1. The summed E-state index contributed by atoms with van der Waals surface area (Å²) in [5, 5.41) is 0.629. The molecule has 2 atom stereocenters. The van der Waals surface area contributed by atoms with Crippen molar-refractivity contribution < 1.29 is 9.59 Å². The zero-order chi connectivity index (χ0) is 15.4. The summed E-state index contributed by atoms with van der Waals surface area (Å²) >= 11 is 5.91. The van der Waals surface area contributed by atoms with Crippen LogP contribution in [-0.2, 0) is 9.59 Å². The highest BCUT2D eigenvalue weighted by Crippen LogP contribution is 2.22. The number of hydrogen-bond acceptors (Lipinski definition) is 2. The van der Waals surface area contributed by atoms with E-state index >= 15 is 0 Å². The largest absolute Gasteiger partial charge is 0.369 e. The second kappa shape index (κ2) is 6.76. The summed E-state index contributed by atoms with van der Waals surface area (Å²) in [5.74, 6) is -0.684. The molecule has 2 N–H and O–H groups in total. The molecule has 0 spiro atoms. The summed E-state index contributed by atoms with van der Waals surface area (Å²) < 4.78 is 0. The van der Waals surface area contributed by atoms with Crippen molar-refractivity contribution in [3.63, 3.8) is 0 Å². The van der Waals surface area contributed by atoms with Gasteiger partial charge in [0.05, 0.1) is 5.92 Å². The number of carbonyl (C=O) groups excluding carboxylic acids is 2. The van der Waals surface area contributed by atoms with Gasteiger partial charge in [-0.3, -0.25) is 9.59 Å². The highest BCUT2D eigenvalue weighted by atomic mass is 35.5. The van der Waals surface area contributed by atoms with Crippen LogP contribution in [0.25, 0.3) is 6.08 Å². The molecule has 0 aliphatic carbocycles. The molecule has 1 aromatic rings. The van der Waals surface area contributed by atoms with Gasteiger partial charge >= 0.3 is 0 Å². The highest BCUT2D eigenvalue weighted by molar-refractivity contribution is 6.30. The Labute approximate surface area is 129 Å². The van der Waals surface area contributed by atoms with Gasteiger partial charge in [-0.15, -0.1) is 0 Å². The zero-order valence-corrected chi connectivity index (χ0v) is 12.7. The van der Waals surface area contributed by atoms with Crippen molar-refractivity contribution in [1.29, 1.82) is 0 Å². The fourth-order valence-electron chi connectivity index (χ4n) is 2.52. The molecule has 0 bridgehead atoms. The molecular formula is C16H19ClN2O2. The molecule has 0 unspecified atom stereocenters. The molecule has 0 saturated carbocycles. The molecule has 112 valence electrons. The lowest BCUT2D eigenvalue weighted by molar-refractivity contribution is -0.133. The Hall–Kier alpha value is -1.81. The molecule has 1 aliphatic heterocycles. The van der Waals surface area contributed by atoms with Crippen LogP contribution in [-0.4, -0.2) is 29.3 Å². The maximum atomic E-state index is 12.3. The van der Waals surface area contributed by atoms with E-state index in [1.807, 2.05) is 19.1 Å². The standard InChI is InChI=1S/C16H19ClN2O2/c1-11-5-7-13(16(18)21)10-19(11)15(20)8-6-12-3-2-4-14(17)9-12/h2-4,6,8-9,11,13H,5,7,10H2,1H3,(H2,18,21)/b8-6-/t11-,13-/m1/s1. The van der Waals surface area contributed by atoms with Gasteiger partial charge in [0, 0.05) is 23.7 Å². The second-order valence-corrected chi connectivity index (χ2v) is 5.84. The van der Waals surface area contributed by atoms with Crippen molar-refractivity contribution in [3.05, 3.63) is 40.9 Å². The fraction of sp³-hybridized carbons (Fsp3) is 0.375. The third-order valence-corrected chi connectivity index (χ3v) is 4.07. The first-order chi connectivity index (χ1) is 9.97. The monoisotopic (exact) mass is 306 g/mol. The van der Waals surface area contributed by atoms with Crippen LogP contribution >= 0.6 is 11.6 Å². The number of rotatable bonds is 3. The van der Waals surface area contributed by atoms with Crippen LogP contribution in [0.15, 0.2) is 30.3 Å². The maximum absolute atomic E-state index is 12.3. The van der Waals surface area contributed by atoms with E-state index in [1.54, 1.807) is 23.1 Å². The minimum atomic E-state index is -0.335. The fourth-order valence-corrected chi connectivity index (χ4v) is 2.72. The second-order valence-electron chi connectivity index (χ2n) is 5.40. The minimum absolute atomic E-state index is 0.103. The Morgan fingerprint density at radius 2 is 2.14 bits per heavy atom. The SMILES string of the molecule is C[C@@H]1CC[C@@H](C(N)=O)CN1C(=O)/C=C\c1cccc(Cl)c1. The number of nitrogens with zero attached hydrogens (tertiary/aromatic N) is 1. The molecule has 5 heteroatoms. The molecule has 2 rings (SSSR count). The van der Waals surface area contributed by atoms with E-state index in [0.29, 0.717) is 11.6 Å². The number of amides is 2. The Morgan fingerprint density at radius 3 is 2.81 bits per heavy atom. The van der Waals surface area contributed by atoms with Crippen LogP contribution in [0.4, 0.5) is 0 Å². The summed E-state index contributed by atoms with van der Waals surface area (Å²) in [6.07, 6.45) is 4.79. The van der Waals surface area contributed by atoms with Crippen molar-refractivity contribution in [2.45, 2.75) is 25.8 Å². The van der Waals surface area contributed by atoms with Crippen molar-refractivity contribution in [2.24, 2.45) is 11.7 Å². The third kappa shape index (κ3) is 4.08. The first-order valence-electron chi connectivity index (χ1n) is 7.01. The third-order valence-electron chi connectivity index (χ3n) is 3.83. The maximum Gasteiger partial charge on any atom is 0.246 e. The van der Waals surface area contributed by atoms with Crippen LogP contribution in [0.5, 0.6) is 0 Å². The van der Waals surface area contributed by atoms with E-state index in [2.05, 4.69) is 0 Å². The summed E-state index contributed by atoms with van der Waals surface area (Å²) in [4.78, 5) is 25.3. The van der Waals surface area contributed by atoms with Crippen molar-refractivity contribution in [3.8, 4) is 0 Å². The molecule has 2 amide bonds. The predicted molar refractivity (Wildman–Crippen MR) is 83.6 cm³/mol. The van der Waals surface area contributed by atoms with E-state index in [0.717, 1.165) is 18.4 Å². The van der Waals surface area contributed by atoms with E-state index in [1.165, 1.54) is 6.08 Å². The minimum Gasteiger partial charge on any atom is -0.369 e. The lowest BCUT2D eigenvalue weighted by atomic mass is 9.93. The average molecular weight is 307 g/mol. The Bertz CT molecular complexity index is 571. The number of piperidine rings is 1. The molecule has 4 nitrogen and oxygen atoms in total. The molecular weight excluding hydrogens is 288 g/mol. The van der Waals surface area contributed by atoms with Crippen molar-refractivity contribution >= 4 is 29.5 Å². The number of primary amides is 1. The molecule has 21 heavy (non-hydrogen) atoms. The average Bonchev–Trinajstić information content (AvgIpc) is 2.45. The first-order valence-corrected chi connectivity index (χ1v) is 7.38. The van der Waals surface area contributed by atoms with Gasteiger partial charge in [0.1, 0.15) is 0 Å². The summed E-state index contributed by atoms with van der Waals surface area (Å²) in [6, 6.07) is 7.40. The van der Waals surface area contributed by atoms with E-state index in [4.69, 9.17) is 17.3 Å². The molecule has 0 radical (unpaired) electrons. The van der Waals surface area contributed by atoms with Gasteiger partial charge < -0.3 is 10.6 Å². The normalized spacial score (nSPS) is 22.5. The molecule has 0 aromatic heterocycles. The van der Waals surface area contributed by atoms with Gasteiger partial charge in [0.25, 0.3) is 0 Å². The molecule has 1 heterocycles. The Balaban J connectivity index is 2.06. The number of benzene rings is 1. The number of carbonyl (C=O) groups is 2. The van der Waals surface area contributed by atoms with Crippen molar-refractivity contribution in [1.82, 2.24) is 4.90 Å². The van der Waals surface area contributed by atoms with Crippen LogP contribution in [0.3, 0.4) is 0 Å². The number of nitrogens with two attached hydrogens (primary N) is 1. The van der Waals surface area contributed by atoms with Crippen LogP contribution in [0.1, 0.15) is 25.3 Å². The molecule has 1 fully saturated rings. The Morgan fingerprint density at radius 1 is 1.38 bits per heavy atom. The molecule has 1 aromatic carbocycles. The summed E-state index contributed by atoms with van der Waals surface area (Å²) in [5.41, 5.74) is 6.21. The van der Waals surface area contributed by atoms with Gasteiger partial charge in [-0.25, -0.2) is 0 Å². The van der Waals surface area contributed by atoms with E-state index < -0.39 is 0 Å². The van der Waals surface area contributed by atoms with Crippen LogP contribution in [0.2, 0.25) is 5.02 Å². The van der Waals surface area contributed by atoms with Gasteiger partial charge in [-0.05, 0) is 43.5 Å². The lowest BCUT2D eigenvalue weighted by Crippen LogP contribution is -2.48. The highest BCUT2D eigenvalue weighted by Gasteiger charge is 2.30. The first kappa shape index (κ1) is 15.6. The zero-order valence-electron chi connectivity index (χ0n) is 12.0. The van der Waals surface area contributed by atoms with Gasteiger partial charge in [-0.2, -0.15) is 0 Å². The Kier molecular flexibility index (Phi) is 5.02. The van der Waals surface area contributed by atoms with Gasteiger partial charge in [0.15, 0.2) is 0 Å². The van der Waals surface area contributed by atoms with Gasteiger partial charge in [0.2, 0.25) is 11.8 Å². The smallest absolute Gasteiger partial charge is 0.246 e.